The minimum absolute atomic E-state index is 0.0829. The van der Waals surface area contributed by atoms with Crippen LogP contribution in [-0.4, -0.2) is 37.2 Å². The number of carbonyl (C=O) groups is 3. The SMILES string of the molecule is CCCCC/C=C\C/C=C\C/C=C\CCCCC(=O)OC[C@H](COC(=O)CCCCCCCCCCC/C=C\CCCCCCCC)OC(=O)CCCCCCCCCCCCCCCCCCCCC. The molecule has 0 bridgehead atoms. The number of ether oxygens (including phenoxy) is 3. The molecule has 0 saturated carbocycles. The molecule has 0 amide bonds. The Morgan fingerprint density at radius 3 is 0.859 bits per heavy atom. The van der Waals surface area contributed by atoms with Gasteiger partial charge in [0.1, 0.15) is 13.2 Å². The molecule has 0 radical (unpaired) electrons. The van der Waals surface area contributed by atoms with Gasteiger partial charge in [-0.25, -0.2) is 0 Å². The lowest BCUT2D eigenvalue weighted by atomic mass is 10.0. The predicted octanol–water partition coefficient (Wildman–Crippen LogP) is 21.0. The van der Waals surface area contributed by atoms with Gasteiger partial charge in [0.05, 0.1) is 0 Å². The van der Waals surface area contributed by atoms with Gasteiger partial charge in [0.15, 0.2) is 6.10 Å². The molecule has 0 aromatic heterocycles. The highest BCUT2D eigenvalue weighted by molar-refractivity contribution is 5.71. The molecule has 6 heteroatoms. The molecule has 0 spiro atoms. The summed E-state index contributed by atoms with van der Waals surface area (Å²) in [6.45, 7) is 6.62. The van der Waals surface area contributed by atoms with Crippen molar-refractivity contribution < 1.29 is 28.6 Å². The van der Waals surface area contributed by atoms with E-state index < -0.39 is 6.10 Å². The van der Waals surface area contributed by atoms with Crippen LogP contribution in [0.1, 0.15) is 329 Å². The summed E-state index contributed by atoms with van der Waals surface area (Å²) in [7, 11) is 0. The number of hydrogen-bond acceptors (Lipinski definition) is 6. The second-order valence-electron chi connectivity index (χ2n) is 21.0. The first-order valence-electron chi connectivity index (χ1n) is 31.1. The first kappa shape index (κ1) is 68.4. The van der Waals surface area contributed by atoms with Gasteiger partial charge in [0, 0.05) is 19.3 Å². The summed E-state index contributed by atoms with van der Waals surface area (Å²) in [6, 6.07) is 0. The van der Waals surface area contributed by atoms with Crippen molar-refractivity contribution in [1.29, 1.82) is 0 Å². The molecule has 0 heterocycles. The van der Waals surface area contributed by atoms with Crippen LogP contribution in [0.5, 0.6) is 0 Å². The third-order valence-electron chi connectivity index (χ3n) is 13.8. The van der Waals surface area contributed by atoms with E-state index in [0.717, 1.165) is 70.6 Å². The average molecular weight is 996 g/mol. The third kappa shape index (κ3) is 58.1. The fraction of sp³-hybridized carbons (Fsp3) is 0.831. The Hall–Kier alpha value is -2.63. The molecule has 6 nitrogen and oxygen atoms in total. The molecule has 1 atom stereocenters. The molecule has 0 aromatic rings. The van der Waals surface area contributed by atoms with Crippen molar-refractivity contribution in [3.05, 3.63) is 48.6 Å². The Morgan fingerprint density at radius 2 is 0.507 bits per heavy atom. The van der Waals surface area contributed by atoms with Gasteiger partial charge in [-0.3, -0.25) is 14.4 Å². The summed E-state index contributed by atoms with van der Waals surface area (Å²) in [5, 5.41) is 0. The number of allylic oxidation sites excluding steroid dienone is 8. The average Bonchev–Trinajstić information content (AvgIpc) is 3.37. The zero-order chi connectivity index (χ0) is 51.4. The van der Waals surface area contributed by atoms with Crippen LogP contribution in [0.25, 0.3) is 0 Å². The van der Waals surface area contributed by atoms with Gasteiger partial charge in [-0.1, -0.05) is 275 Å². The maximum Gasteiger partial charge on any atom is 0.306 e. The Labute approximate surface area is 441 Å². The molecule has 0 aliphatic heterocycles. The smallest absolute Gasteiger partial charge is 0.306 e. The largest absolute Gasteiger partial charge is 0.462 e. The predicted molar refractivity (Wildman–Crippen MR) is 307 cm³/mol. The second kappa shape index (κ2) is 59.9. The second-order valence-corrected chi connectivity index (χ2v) is 21.0. The number of carbonyl (C=O) groups excluding carboxylic acids is 3. The lowest BCUT2D eigenvalue weighted by Crippen LogP contribution is -2.30. The van der Waals surface area contributed by atoms with Crippen molar-refractivity contribution in [2.24, 2.45) is 0 Å². The van der Waals surface area contributed by atoms with Crippen LogP contribution < -0.4 is 0 Å². The van der Waals surface area contributed by atoms with Gasteiger partial charge in [-0.2, -0.15) is 0 Å². The van der Waals surface area contributed by atoms with E-state index >= 15 is 0 Å². The van der Waals surface area contributed by atoms with Crippen molar-refractivity contribution >= 4 is 17.9 Å². The van der Waals surface area contributed by atoms with Crippen molar-refractivity contribution in [1.82, 2.24) is 0 Å². The quantitative estimate of drug-likeness (QED) is 0.0261. The normalized spacial score (nSPS) is 12.3. The van der Waals surface area contributed by atoms with E-state index in [2.05, 4.69) is 69.4 Å². The van der Waals surface area contributed by atoms with Crippen LogP contribution in [0.4, 0.5) is 0 Å². The number of unbranched alkanes of at least 4 members (excludes halogenated alkanes) is 38. The molecular formula is C65H118O6. The summed E-state index contributed by atoms with van der Waals surface area (Å²) in [4.78, 5) is 38.2. The van der Waals surface area contributed by atoms with Gasteiger partial charge in [-0.15, -0.1) is 0 Å². The van der Waals surface area contributed by atoms with Crippen molar-refractivity contribution in [2.45, 2.75) is 335 Å². The molecule has 0 aromatic carbocycles. The van der Waals surface area contributed by atoms with Gasteiger partial charge in [-0.05, 0) is 83.5 Å². The fourth-order valence-electron chi connectivity index (χ4n) is 9.09. The third-order valence-corrected chi connectivity index (χ3v) is 13.8. The van der Waals surface area contributed by atoms with E-state index in [1.807, 2.05) is 0 Å². The van der Waals surface area contributed by atoms with Gasteiger partial charge >= 0.3 is 17.9 Å². The van der Waals surface area contributed by atoms with E-state index in [-0.39, 0.29) is 31.1 Å². The minimum Gasteiger partial charge on any atom is -0.462 e. The van der Waals surface area contributed by atoms with E-state index in [1.165, 1.54) is 218 Å². The monoisotopic (exact) mass is 995 g/mol. The zero-order valence-corrected chi connectivity index (χ0v) is 47.5. The molecule has 414 valence electrons. The molecule has 0 aliphatic rings. The number of hydrogen-bond donors (Lipinski definition) is 0. The molecule has 0 fully saturated rings. The Bertz CT molecular complexity index is 1230. The maximum absolute atomic E-state index is 12.9. The van der Waals surface area contributed by atoms with Crippen LogP contribution >= 0.6 is 0 Å². The van der Waals surface area contributed by atoms with Crippen molar-refractivity contribution in [2.75, 3.05) is 13.2 Å². The van der Waals surface area contributed by atoms with Crippen LogP contribution in [0.15, 0.2) is 48.6 Å². The van der Waals surface area contributed by atoms with Crippen LogP contribution in [-0.2, 0) is 28.6 Å². The van der Waals surface area contributed by atoms with Crippen LogP contribution in [0.3, 0.4) is 0 Å². The first-order chi connectivity index (χ1) is 35.0. The highest BCUT2D eigenvalue weighted by Gasteiger charge is 2.19. The van der Waals surface area contributed by atoms with Crippen LogP contribution in [0.2, 0.25) is 0 Å². The molecule has 0 N–H and O–H groups in total. The Morgan fingerprint density at radius 1 is 0.282 bits per heavy atom. The van der Waals surface area contributed by atoms with Crippen molar-refractivity contribution in [3.63, 3.8) is 0 Å². The molecule has 0 unspecified atom stereocenters. The molecule has 0 saturated heterocycles. The topological polar surface area (TPSA) is 78.9 Å². The summed E-state index contributed by atoms with van der Waals surface area (Å²) < 4.78 is 16.9. The molecule has 0 aliphatic carbocycles. The van der Waals surface area contributed by atoms with Crippen LogP contribution in [0, 0.1) is 0 Å². The lowest BCUT2D eigenvalue weighted by Gasteiger charge is -2.18. The molecule has 71 heavy (non-hydrogen) atoms. The van der Waals surface area contributed by atoms with E-state index in [1.54, 1.807) is 0 Å². The molecular weight excluding hydrogens is 877 g/mol. The summed E-state index contributed by atoms with van der Waals surface area (Å²) in [5.41, 5.74) is 0. The van der Waals surface area contributed by atoms with Gasteiger partial charge in [0.25, 0.3) is 0 Å². The van der Waals surface area contributed by atoms with E-state index in [0.29, 0.717) is 19.3 Å². The lowest BCUT2D eigenvalue weighted by molar-refractivity contribution is -0.167. The fourth-order valence-corrected chi connectivity index (χ4v) is 9.09. The summed E-state index contributed by atoms with van der Waals surface area (Å²) in [5.74, 6) is -0.905. The van der Waals surface area contributed by atoms with Gasteiger partial charge < -0.3 is 14.2 Å². The van der Waals surface area contributed by atoms with Crippen molar-refractivity contribution in [3.8, 4) is 0 Å². The standard InChI is InChI=1S/C65H118O6/c1-4-7-10-13-16-19-22-25-28-30-32-34-37-40-43-46-49-52-55-58-64(67)70-61-62(60-69-63(66)57-54-51-48-45-42-39-36-27-24-21-18-15-12-9-6-3)71-65(68)59-56-53-50-47-44-41-38-35-33-31-29-26-23-20-17-14-11-8-5-2/h18,21,25,27-28,36,42,45,62H,4-17,19-20,22-24,26,29-35,37-41,43-44,46-61H2,1-3H3/b21-18-,28-25-,36-27-,45-42-/t62-/m1/s1. The zero-order valence-electron chi connectivity index (χ0n) is 47.5. The van der Waals surface area contributed by atoms with E-state index in [9.17, 15) is 14.4 Å². The number of esters is 3. The van der Waals surface area contributed by atoms with E-state index in [4.69, 9.17) is 14.2 Å². The minimum atomic E-state index is -0.788. The van der Waals surface area contributed by atoms with Gasteiger partial charge in [0.2, 0.25) is 0 Å². The first-order valence-corrected chi connectivity index (χ1v) is 31.1. The highest BCUT2D eigenvalue weighted by atomic mass is 16.6. The Balaban J connectivity index is 4.37. The molecule has 0 rings (SSSR count). The Kier molecular flexibility index (Phi) is 57.7. The maximum atomic E-state index is 12.9. The number of rotatable bonds is 57. The highest BCUT2D eigenvalue weighted by Crippen LogP contribution is 2.17. The summed E-state index contributed by atoms with van der Waals surface area (Å²) in [6.07, 6.45) is 74.0. The summed E-state index contributed by atoms with van der Waals surface area (Å²) >= 11 is 0.